The highest BCUT2D eigenvalue weighted by molar-refractivity contribution is 6.90. The summed E-state index contributed by atoms with van der Waals surface area (Å²) in [5, 5.41) is 5.46. The van der Waals surface area contributed by atoms with Crippen LogP contribution in [-0.4, -0.2) is 15.9 Å². The first kappa shape index (κ1) is 19.0. The lowest BCUT2D eigenvalue weighted by atomic mass is 9.45. The molecule has 0 unspecified atom stereocenters. The molecule has 3 heteroatoms. The minimum absolute atomic E-state index is 0.176. The van der Waals surface area contributed by atoms with E-state index in [4.69, 9.17) is 0 Å². The molecular weight excluding hydrogens is 447 g/mol. The summed E-state index contributed by atoms with van der Waals surface area (Å²) in [4.78, 5) is 0. The lowest BCUT2D eigenvalue weighted by Gasteiger charge is -2.37. The molecule has 3 aliphatic rings. The van der Waals surface area contributed by atoms with Crippen LogP contribution in [0.4, 0.5) is 0 Å². The van der Waals surface area contributed by atoms with Crippen molar-refractivity contribution >= 4 is 61.4 Å². The van der Waals surface area contributed by atoms with Crippen LogP contribution in [0.15, 0.2) is 91.0 Å². The van der Waals surface area contributed by atoms with Crippen molar-refractivity contribution in [2.24, 2.45) is 0 Å². The molecule has 5 aromatic carbocycles. The first-order valence-corrected chi connectivity index (χ1v) is 13.6. The predicted octanol–water partition coefficient (Wildman–Crippen LogP) is 6.72. The molecule has 2 aliphatic heterocycles. The normalized spacial score (nSPS) is 15.1. The molecule has 0 bridgehead atoms. The Morgan fingerprint density at radius 3 is 2.22 bits per heavy atom. The second-order valence-electron chi connectivity index (χ2n) is 11.1. The van der Waals surface area contributed by atoms with E-state index in [1.807, 2.05) is 0 Å². The molecule has 7 aromatic rings. The highest BCUT2D eigenvalue weighted by atomic mass is 15.0. The van der Waals surface area contributed by atoms with E-state index in [-0.39, 0.29) is 6.85 Å². The van der Waals surface area contributed by atoms with E-state index in [0.29, 0.717) is 0 Å². The van der Waals surface area contributed by atoms with Gasteiger partial charge >= 0.3 is 6.85 Å². The third-order valence-corrected chi connectivity index (χ3v) is 9.46. The summed E-state index contributed by atoms with van der Waals surface area (Å²) >= 11 is 0. The zero-order chi connectivity index (χ0) is 23.8. The number of hydrogen-bond acceptors (Lipinski definition) is 0. The van der Waals surface area contributed by atoms with E-state index < -0.39 is 0 Å². The minimum Gasteiger partial charge on any atom is -0.375 e. The van der Waals surface area contributed by atoms with Crippen molar-refractivity contribution < 1.29 is 0 Å². The zero-order valence-corrected chi connectivity index (χ0v) is 20.5. The maximum atomic E-state index is 2.68. The van der Waals surface area contributed by atoms with Gasteiger partial charge < -0.3 is 9.05 Å². The van der Waals surface area contributed by atoms with Gasteiger partial charge in [-0.15, -0.1) is 0 Å². The Labute approximate surface area is 214 Å². The molecule has 2 aromatic heterocycles. The molecular formula is C34H23BN2. The number of aryl methyl sites for hydroxylation is 1. The van der Waals surface area contributed by atoms with Gasteiger partial charge in [0.2, 0.25) is 0 Å². The van der Waals surface area contributed by atoms with Crippen molar-refractivity contribution in [1.82, 2.24) is 9.05 Å². The van der Waals surface area contributed by atoms with Crippen LogP contribution >= 0.6 is 0 Å². The summed E-state index contributed by atoms with van der Waals surface area (Å²) in [6, 6.07) is 34.6. The monoisotopic (exact) mass is 470 g/mol. The molecule has 37 heavy (non-hydrogen) atoms. The predicted molar refractivity (Wildman–Crippen MR) is 156 cm³/mol. The Morgan fingerprint density at radius 1 is 0.622 bits per heavy atom. The van der Waals surface area contributed by atoms with Crippen molar-refractivity contribution in [2.75, 3.05) is 0 Å². The summed E-state index contributed by atoms with van der Waals surface area (Å²) in [5.41, 5.74) is 15.9. The molecule has 0 fully saturated rings. The van der Waals surface area contributed by atoms with Crippen LogP contribution in [0, 0.1) is 0 Å². The Bertz CT molecular complexity index is 2160. The molecule has 10 rings (SSSR count). The Kier molecular flexibility index (Phi) is 3.26. The Hall–Kier alpha value is -4.24. The van der Waals surface area contributed by atoms with Crippen LogP contribution in [0.2, 0.25) is 0 Å². The molecule has 0 atom stereocenters. The quantitative estimate of drug-likeness (QED) is 0.218. The molecule has 0 amide bonds. The average molecular weight is 470 g/mol. The lowest BCUT2D eigenvalue weighted by molar-refractivity contribution is 0.687. The van der Waals surface area contributed by atoms with Crippen molar-refractivity contribution in [3.63, 3.8) is 0 Å². The van der Waals surface area contributed by atoms with Gasteiger partial charge in [0, 0.05) is 43.8 Å². The van der Waals surface area contributed by atoms with E-state index in [9.17, 15) is 0 Å². The van der Waals surface area contributed by atoms with Crippen LogP contribution in [-0.2, 0) is 12.8 Å². The summed E-state index contributed by atoms with van der Waals surface area (Å²) < 4.78 is 5.28. The van der Waals surface area contributed by atoms with Crippen LogP contribution in [0.3, 0.4) is 0 Å². The number of benzene rings is 5. The summed E-state index contributed by atoms with van der Waals surface area (Å²) in [6.07, 6.45) is 4.95. The molecule has 0 saturated heterocycles. The maximum Gasteiger partial charge on any atom is 0.333 e. The first-order valence-electron chi connectivity index (χ1n) is 13.6. The van der Waals surface area contributed by atoms with Gasteiger partial charge in [0.1, 0.15) is 0 Å². The molecule has 4 heterocycles. The number of fused-ring (bicyclic) bond motifs is 12. The highest BCUT2D eigenvalue weighted by Gasteiger charge is 2.42. The molecule has 2 nitrogen and oxygen atoms in total. The van der Waals surface area contributed by atoms with Crippen molar-refractivity contribution in [2.45, 2.75) is 25.7 Å². The van der Waals surface area contributed by atoms with Gasteiger partial charge in [-0.3, -0.25) is 0 Å². The van der Waals surface area contributed by atoms with Crippen LogP contribution in [0.5, 0.6) is 0 Å². The Balaban J connectivity index is 1.53. The van der Waals surface area contributed by atoms with Gasteiger partial charge in [-0.1, -0.05) is 72.8 Å². The number of para-hydroxylation sites is 4. The van der Waals surface area contributed by atoms with Crippen molar-refractivity contribution in [3.8, 4) is 16.8 Å². The maximum absolute atomic E-state index is 2.68. The third-order valence-electron chi connectivity index (χ3n) is 9.46. The fourth-order valence-electron chi connectivity index (χ4n) is 8.14. The summed E-state index contributed by atoms with van der Waals surface area (Å²) in [6.45, 7) is 0.176. The molecule has 0 N–H and O–H groups in total. The Morgan fingerprint density at radius 2 is 1.32 bits per heavy atom. The van der Waals surface area contributed by atoms with Gasteiger partial charge in [0.15, 0.2) is 0 Å². The molecule has 172 valence electrons. The van der Waals surface area contributed by atoms with E-state index in [1.54, 1.807) is 11.1 Å². The van der Waals surface area contributed by atoms with Gasteiger partial charge in [-0.05, 0) is 71.5 Å². The molecule has 0 spiro atoms. The standard InChI is InChI=1S/C34H23BN2/c1-2-10-21-20(9-1)19-30-32-31(21)26-15-7-13-24-23-12-4-6-18-29(23)37(33(24)26)35(32)27-16-8-14-25-22-11-3-5-17-28(22)36(30)34(25)27/h3-8,11-19H,1-2,9-10H2. The van der Waals surface area contributed by atoms with Crippen LogP contribution < -0.4 is 10.9 Å². The molecule has 0 radical (unpaired) electrons. The van der Waals surface area contributed by atoms with E-state index in [1.165, 1.54) is 97.0 Å². The van der Waals surface area contributed by atoms with Gasteiger partial charge in [-0.25, -0.2) is 0 Å². The lowest BCUT2D eigenvalue weighted by Crippen LogP contribution is -2.55. The SMILES string of the molecule is c1ccc2c(c1)c1cccc3c1n2B1c2c(cc4c(c2-3)CCCC4)-n2c3ccccc3c3cccc1c32. The van der Waals surface area contributed by atoms with Crippen LogP contribution in [0.1, 0.15) is 24.0 Å². The van der Waals surface area contributed by atoms with E-state index in [2.05, 4.69) is 100 Å². The highest BCUT2D eigenvalue weighted by Crippen LogP contribution is 2.45. The molecule has 1 aliphatic carbocycles. The third kappa shape index (κ3) is 2.06. The van der Waals surface area contributed by atoms with Gasteiger partial charge in [0.05, 0.1) is 11.0 Å². The fourth-order valence-corrected chi connectivity index (χ4v) is 8.14. The number of nitrogens with zero attached hydrogens (tertiary/aromatic N) is 2. The number of aromatic nitrogens is 2. The van der Waals surface area contributed by atoms with Crippen LogP contribution in [0.25, 0.3) is 60.4 Å². The minimum atomic E-state index is 0.176. The first-order chi connectivity index (χ1) is 18.4. The second kappa shape index (κ2) is 6.36. The summed E-state index contributed by atoms with van der Waals surface area (Å²) in [5.74, 6) is 0. The molecule has 0 saturated carbocycles. The van der Waals surface area contributed by atoms with E-state index >= 15 is 0 Å². The van der Waals surface area contributed by atoms with Crippen molar-refractivity contribution in [1.29, 1.82) is 0 Å². The summed E-state index contributed by atoms with van der Waals surface area (Å²) in [7, 11) is 0. The van der Waals surface area contributed by atoms with Gasteiger partial charge in [-0.2, -0.15) is 0 Å². The number of hydrogen-bond donors (Lipinski definition) is 0. The topological polar surface area (TPSA) is 9.86 Å². The average Bonchev–Trinajstić information content (AvgIpc) is 3.48. The zero-order valence-electron chi connectivity index (χ0n) is 20.5. The smallest absolute Gasteiger partial charge is 0.333 e. The van der Waals surface area contributed by atoms with Gasteiger partial charge in [0.25, 0.3) is 0 Å². The fraction of sp³-hybridized carbons (Fsp3) is 0.118. The second-order valence-corrected chi connectivity index (χ2v) is 11.1. The van der Waals surface area contributed by atoms with Crippen molar-refractivity contribution in [3.05, 3.63) is 102 Å². The van der Waals surface area contributed by atoms with E-state index in [0.717, 1.165) is 0 Å². The number of rotatable bonds is 0. The largest absolute Gasteiger partial charge is 0.375 e.